The Kier molecular flexibility index (Phi) is 9.68. The first kappa shape index (κ1) is 25.4. The Morgan fingerprint density at radius 2 is 1.84 bits per heavy atom. The molecule has 0 saturated carbocycles. The Morgan fingerprint density at radius 1 is 1.16 bits per heavy atom. The molecule has 2 atom stereocenters. The number of ether oxygens (including phenoxy) is 1. The van der Waals surface area contributed by atoms with E-state index >= 15 is 0 Å². The van der Waals surface area contributed by atoms with E-state index in [1.54, 1.807) is 19.1 Å². The summed E-state index contributed by atoms with van der Waals surface area (Å²) < 4.78 is 5.23. The van der Waals surface area contributed by atoms with Crippen molar-refractivity contribution in [2.24, 2.45) is 0 Å². The predicted octanol–water partition coefficient (Wildman–Crippen LogP) is -0.423. The number of carboxylic acid groups (broad SMARTS) is 1. The molecule has 0 unspecified atom stereocenters. The summed E-state index contributed by atoms with van der Waals surface area (Å²) in [7, 11) is 0. The minimum absolute atomic E-state index is 0. The van der Waals surface area contributed by atoms with E-state index in [9.17, 15) is 19.5 Å². The van der Waals surface area contributed by atoms with Crippen molar-refractivity contribution in [3.05, 3.63) is 65.7 Å². The zero-order chi connectivity index (χ0) is 22.2. The van der Waals surface area contributed by atoms with Gasteiger partial charge in [-0.1, -0.05) is 48.5 Å². The van der Waals surface area contributed by atoms with Gasteiger partial charge in [0, 0.05) is 5.69 Å². The highest BCUT2D eigenvalue weighted by Gasteiger charge is 2.34. The number of hydrogen-bond acceptors (Lipinski definition) is 5. The van der Waals surface area contributed by atoms with E-state index in [0.717, 1.165) is 11.1 Å². The topological polar surface area (TPSA) is 95.9 Å². The lowest BCUT2D eigenvalue weighted by Crippen LogP contribution is -3.00. The third-order valence-corrected chi connectivity index (χ3v) is 5.38. The second kappa shape index (κ2) is 12.2. The van der Waals surface area contributed by atoms with Gasteiger partial charge in [0.1, 0.15) is 12.6 Å². The molecule has 2 aromatic carbocycles. The van der Waals surface area contributed by atoms with Crippen molar-refractivity contribution in [3.8, 4) is 0 Å². The smallest absolute Gasteiger partial charge is 0.323 e. The molecule has 0 saturated heterocycles. The molecule has 0 spiro atoms. The molecule has 1 heterocycles. The van der Waals surface area contributed by atoms with Crippen LogP contribution in [0.15, 0.2) is 54.6 Å². The van der Waals surface area contributed by atoms with Gasteiger partial charge < -0.3 is 22.3 Å². The Hall–Kier alpha value is -2.90. The lowest BCUT2D eigenvalue weighted by atomic mass is 10.0. The number of benzene rings is 2. The molecule has 8 heteroatoms. The molecule has 1 amide bonds. The van der Waals surface area contributed by atoms with Gasteiger partial charge >= 0.3 is 11.9 Å². The SMILES string of the molecule is CCOC(=O)[C@H](CCc1ccccc1)N[C@H]1CCc2ccccc2N(CC(=O)O)C1=O.[Cl-]. The number of hydrogen-bond donors (Lipinski definition) is 2. The summed E-state index contributed by atoms with van der Waals surface area (Å²) in [4.78, 5) is 38.6. The maximum absolute atomic E-state index is 13.3. The molecule has 0 aliphatic carbocycles. The number of aryl methyl sites for hydroxylation is 2. The van der Waals surface area contributed by atoms with Crippen LogP contribution < -0.4 is 22.6 Å². The van der Waals surface area contributed by atoms with Crippen molar-refractivity contribution in [1.29, 1.82) is 0 Å². The molecule has 7 nitrogen and oxygen atoms in total. The number of carbonyl (C=O) groups is 3. The van der Waals surface area contributed by atoms with E-state index in [1.807, 2.05) is 42.5 Å². The van der Waals surface area contributed by atoms with Crippen molar-refractivity contribution in [2.75, 3.05) is 18.1 Å². The monoisotopic (exact) mass is 459 g/mol. The molecule has 0 radical (unpaired) electrons. The molecule has 0 bridgehead atoms. The summed E-state index contributed by atoms with van der Waals surface area (Å²) in [5.41, 5.74) is 2.61. The van der Waals surface area contributed by atoms with Gasteiger partial charge in [0.2, 0.25) is 5.91 Å². The average molecular weight is 460 g/mol. The third-order valence-electron chi connectivity index (χ3n) is 5.38. The van der Waals surface area contributed by atoms with Crippen molar-refractivity contribution in [3.63, 3.8) is 0 Å². The Morgan fingerprint density at radius 3 is 2.53 bits per heavy atom. The summed E-state index contributed by atoms with van der Waals surface area (Å²) in [6.07, 6.45) is 2.19. The van der Waals surface area contributed by atoms with E-state index in [0.29, 0.717) is 31.4 Å². The highest BCUT2D eigenvalue weighted by atomic mass is 35.5. The number of para-hydroxylation sites is 1. The number of rotatable bonds is 9. The largest absolute Gasteiger partial charge is 1.00 e. The normalized spacial score (nSPS) is 16.3. The fourth-order valence-corrected chi connectivity index (χ4v) is 3.88. The average Bonchev–Trinajstić information content (AvgIpc) is 2.89. The van der Waals surface area contributed by atoms with Crippen molar-refractivity contribution in [2.45, 2.75) is 44.7 Å². The van der Waals surface area contributed by atoms with Crippen LogP contribution in [0.4, 0.5) is 5.69 Å². The second-order valence-electron chi connectivity index (χ2n) is 7.53. The summed E-state index contributed by atoms with van der Waals surface area (Å²) >= 11 is 0. The highest BCUT2D eigenvalue weighted by molar-refractivity contribution is 6.02. The molecule has 2 aromatic rings. The Bertz CT molecular complexity index is 922. The molecule has 1 aliphatic heterocycles. The zero-order valence-electron chi connectivity index (χ0n) is 18.0. The number of amides is 1. The standard InChI is InChI=1S/C24H28N2O5.ClH/c1-2-31-24(30)20(14-12-17-8-4-3-5-9-17)25-19-15-13-18-10-6-7-11-21(18)26(23(19)29)16-22(27)28;/h3-11,19-20,25H,2,12-16H2,1H3,(H,27,28);1H/p-1/t19-,20-;/m0./s1. The quantitative estimate of drug-likeness (QED) is 0.494. The lowest BCUT2D eigenvalue weighted by Gasteiger charge is -2.27. The fourth-order valence-electron chi connectivity index (χ4n) is 3.88. The van der Waals surface area contributed by atoms with Crippen LogP contribution in [0, 0.1) is 0 Å². The van der Waals surface area contributed by atoms with Crippen LogP contribution >= 0.6 is 0 Å². The molecule has 32 heavy (non-hydrogen) atoms. The molecular weight excluding hydrogens is 432 g/mol. The van der Waals surface area contributed by atoms with Crippen LogP contribution in [0.5, 0.6) is 0 Å². The lowest BCUT2D eigenvalue weighted by molar-refractivity contribution is -0.146. The highest BCUT2D eigenvalue weighted by Crippen LogP contribution is 2.27. The summed E-state index contributed by atoms with van der Waals surface area (Å²) in [5, 5.41) is 12.5. The van der Waals surface area contributed by atoms with Crippen LogP contribution in [0.2, 0.25) is 0 Å². The van der Waals surface area contributed by atoms with Crippen molar-refractivity contribution >= 4 is 23.5 Å². The van der Waals surface area contributed by atoms with Gasteiger partial charge in [-0.2, -0.15) is 0 Å². The summed E-state index contributed by atoms with van der Waals surface area (Å²) in [5.74, 6) is -1.84. The molecule has 3 rings (SSSR count). The fraction of sp³-hybridized carbons (Fsp3) is 0.375. The first-order valence-corrected chi connectivity index (χ1v) is 10.6. The van der Waals surface area contributed by atoms with Crippen molar-refractivity contribution < 1.29 is 36.6 Å². The van der Waals surface area contributed by atoms with Crippen LogP contribution in [0.1, 0.15) is 30.9 Å². The number of halogens is 1. The van der Waals surface area contributed by atoms with E-state index in [2.05, 4.69) is 5.32 Å². The van der Waals surface area contributed by atoms with E-state index in [-0.39, 0.29) is 24.9 Å². The summed E-state index contributed by atoms with van der Waals surface area (Å²) in [6, 6.07) is 15.8. The minimum Gasteiger partial charge on any atom is -1.00 e. The molecule has 2 N–H and O–H groups in total. The van der Waals surface area contributed by atoms with E-state index < -0.39 is 30.6 Å². The maximum atomic E-state index is 13.3. The van der Waals surface area contributed by atoms with Gasteiger partial charge in [-0.25, -0.2) is 0 Å². The first-order chi connectivity index (χ1) is 15.0. The number of anilines is 1. The van der Waals surface area contributed by atoms with Crippen LogP contribution in [0.3, 0.4) is 0 Å². The number of aliphatic carboxylic acids is 1. The van der Waals surface area contributed by atoms with Crippen LogP contribution in [0.25, 0.3) is 0 Å². The molecule has 1 aliphatic rings. The molecule has 0 aromatic heterocycles. The Balaban J connectivity index is 0.00000363. The van der Waals surface area contributed by atoms with Crippen molar-refractivity contribution in [1.82, 2.24) is 5.32 Å². The van der Waals surface area contributed by atoms with Crippen LogP contribution in [-0.4, -0.2) is 48.2 Å². The third kappa shape index (κ3) is 6.55. The minimum atomic E-state index is -1.09. The predicted molar refractivity (Wildman–Crippen MR) is 117 cm³/mol. The van der Waals surface area contributed by atoms with Gasteiger partial charge in [-0.15, -0.1) is 0 Å². The van der Waals surface area contributed by atoms with E-state index in [1.165, 1.54) is 4.90 Å². The van der Waals surface area contributed by atoms with Crippen LogP contribution in [-0.2, 0) is 32.0 Å². The van der Waals surface area contributed by atoms with Gasteiger partial charge in [-0.05, 0) is 49.8 Å². The number of fused-ring (bicyclic) bond motifs is 1. The van der Waals surface area contributed by atoms with Gasteiger partial charge in [-0.3, -0.25) is 24.6 Å². The Labute approximate surface area is 194 Å². The maximum Gasteiger partial charge on any atom is 0.323 e. The number of nitrogens with zero attached hydrogens (tertiary/aromatic N) is 1. The first-order valence-electron chi connectivity index (χ1n) is 10.6. The van der Waals surface area contributed by atoms with Gasteiger partial charge in [0.15, 0.2) is 0 Å². The molecular formula is C24H28ClN2O5-. The number of carboxylic acids is 1. The van der Waals surface area contributed by atoms with E-state index in [4.69, 9.17) is 4.74 Å². The number of nitrogens with one attached hydrogen (secondary N) is 1. The summed E-state index contributed by atoms with van der Waals surface area (Å²) in [6.45, 7) is 1.56. The number of carbonyl (C=O) groups excluding carboxylic acids is 2. The molecule has 172 valence electrons. The zero-order valence-corrected chi connectivity index (χ0v) is 18.8. The van der Waals surface area contributed by atoms with Gasteiger partial charge in [0.25, 0.3) is 0 Å². The second-order valence-corrected chi connectivity index (χ2v) is 7.53. The van der Waals surface area contributed by atoms with Gasteiger partial charge in [0.05, 0.1) is 12.6 Å². The number of esters is 1. The molecule has 0 fully saturated rings.